The van der Waals surface area contributed by atoms with Crippen LogP contribution in [0.3, 0.4) is 0 Å². The van der Waals surface area contributed by atoms with Gasteiger partial charge in [-0.3, -0.25) is 4.99 Å². The summed E-state index contributed by atoms with van der Waals surface area (Å²) >= 11 is 7.77. The lowest BCUT2D eigenvalue weighted by molar-refractivity contribution is 0.224. The zero-order valence-corrected chi connectivity index (χ0v) is 18.5. The minimum absolute atomic E-state index is 0. The normalized spacial score (nSPS) is 12.2. The van der Waals surface area contributed by atoms with Crippen molar-refractivity contribution in [2.24, 2.45) is 4.99 Å². The van der Waals surface area contributed by atoms with Crippen LogP contribution >= 0.6 is 46.9 Å². The smallest absolute Gasteiger partial charge is 0.191 e. The molecule has 1 aromatic carbocycles. The van der Waals surface area contributed by atoms with E-state index in [2.05, 4.69) is 26.0 Å². The first-order chi connectivity index (χ1) is 11.6. The minimum atomic E-state index is -0.0374. The number of hydrogen-bond acceptors (Lipinski definition) is 4. The third-order valence-electron chi connectivity index (χ3n) is 3.29. The van der Waals surface area contributed by atoms with Crippen LogP contribution in [-0.4, -0.2) is 37.2 Å². The molecular weight excluding hydrogens is 471 g/mol. The first-order valence-corrected chi connectivity index (χ1v) is 9.11. The third-order valence-corrected chi connectivity index (χ3v) is 4.42. The van der Waals surface area contributed by atoms with E-state index in [0.717, 1.165) is 29.6 Å². The molecule has 0 fully saturated rings. The molecule has 1 heterocycles. The highest BCUT2D eigenvalue weighted by Gasteiger charge is 2.08. The van der Waals surface area contributed by atoms with Gasteiger partial charge in [0, 0.05) is 25.4 Å². The van der Waals surface area contributed by atoms with Crippen molar-refractivity contribution in [3.8, 4) is 5.75 Å². The molecule has 0 aliphatic carbocycles. The van der Waals surface area contributed by atoms with Gasteiger partial charge in [-0.1, -0.05) is 23.7 Å². The van der Waals surface area contributed by atoms with Crippen LogP contribution in [0.15, 0.2) is 34.6 Å². The quantitative estimate of drug-likeness (QED) is 0.348. The highest BCUT2D eigenvalue weighted by atomic mass is 127. The summed E-state index contributed by atoms with van der Waals surface area (Å²) in [7, 11) is 1.75. The monoisotopic (exact) mass is 494 g/mol. The summed E-state index contributed by atoms with van der Waals surface area (Å²) in [5, 5.41) is 10.3. The van der Waals surface area contributed by atoms with Crippen molar-refractivity contribution in [3.63, 3.8) is 0 Å². The van der Waals surface area contributed by atoms with Crippen molar-refractivity contribution in [2.45, 2.75) is 26.4 Å². The zero-order chi connectivity index (χ0) is 17.4. The lowest BCUT2D eigenvalue weighted by Gasteiger charge is -2.18. The standard InChI is InChI=1S/C17H23ClN4OS.HI/c1-12(23-16-7-5-4-6-15(16)18)10-21-17(19-3)20-9-8-14-11-24-13(2)22-14;/h4-7,11-12H,8-10H2,1-3H3,(H2,19,20,21);1H. The van der Waals surface area contributed by atoms with E-state index in [1.165, 1.54) is 0 Å². The molecule has 0 radical (unpaired) electrons. The summed E-state index contributed by atoms with van der Waals surface area (Å²) in [5.41, 5.74) is 1.11. The van der Waals surface area contributed by atoms with Crippen molar-refractivity contribution in [1.29, 1.82) is 0 Å². The number of thiazole rings is 1. The number of nitrogens with one attached hydrogen (secondary N) is 2. The van der Waals surface area contributed by atoms with Gasteiger partial charge >= 0.3 is 0 Å². The van der Waals surface area contributed by atoms with Crippen LogP contribution in [-0.2, 0) is 6.42 Å². The number of aliphatic imine (C=N–C) groups is 1. The number of benzene rings is 1. The van der Waals surface area contributed by atoms with Crippen molar-refractivity contribution in [2.75, 3.05) is 20.1 Å². The van der Waals surface area contributed by atoms with E-state index in [1.807, 2.05) is 38.1 Å². The van der Waals surface area contributed by atoms with E-state index >= 15 is 0 Å². The van der Waals surface area contributed by atoms with Crippen LogP contribution in [0.25, 0.3) is 0 Å². The maximum absolute atomic E-state index is 6.10. The van der Waals surface area contributed by atoms with Crippen LogP contribution in [0.5, 0.6) is 5.75 Å². The molecule has 2 aromatic rings. The number of guanidine groups is 1. The first-order valence-electron chi connectivity index (χ1n) is 7.85. The highest BCUT2D eigenvalue weighted by molar-refractivity contribution is 14.0. The predicted octanol–water partition coefficient (Wildman–Crippen LogP) is 3.90. The first kappa shape index (κ1) is 22.0. The minimum Gasteiger partial charge on any atom is -0.487 e. The summed E-state index contributed by atoms with van der Waals surface area (Å²) < 4.78 is 5.83. The van der Waals surface area contributed by atoms with Crippen LogP contribution in [0.1, 0.15) is 17.6 Å². The molecule has 1 atom stereocenters. The number of ether oxygens (including phenoxy) is 1. The molecule has 0 aliphatic rings. The molecule has 1 aromatic heterocycles. The van der Waals surface area contributed by atoms with Gasteiger partial charge in [0.15, 0.2) is 5.96 Å². The fourth-order valence-electron chi connectivity index (χ4n) is 2.09. The lowest BCUT2D eigenvalue weighted by atomic mass is 10.3. The number of hydrogen-bond donors (Lipinski definition) is 2. The summed E-state index contributed by atoms with van der Waals surface area (Å²) in [6.45, 7) is 5.41. The van der Waals surface area contributed by atoms with Crippen molar-refractivity contribution < 1.29 is 4.74 Å². The number of aromatic nitrogens is 1. The van der Waals surface area contributed by atoms with Gasteiger partial charge in [-0.15, -0.1) is 35.3 Å². The Bertz CT molecular complexity index is 680. The van der Waals surface area contributed by atoms with Crippen molar-refractivity contribution >= 4 is 52.9 Å². The summed E-state index contributed by atoms with van der Waals surface area (Å²) in [4.78, 5) is 8.66. The SMILES string of the molecule is CN=C(NCCc1csc(C)n1)NCC(C)Oc1ccccc1Cl.I. The molecule has 0 spiro atoms. The Kier molecular flexibility index (Phi) is 10.1. The maximum Gasteiger partial charge on any atom is 0.191 e. The third kappa shape index (κ3) is 7.79. The molecule has 8 heteroatoms. The van der Waals surface area contributed by atoms with Crippen molar-refractivity contribution in [3.05, 3.63) is 45.4 Å². The number of nitrogens with zero attached hydrogens (tertiary/aromatic N) is 2. The average Bonchev–Trinajstić information content (AvgIpc) is 2.98. The molecule has 25 heavy (non-hydrogen) atoms. The van der Waals surface area contributed by atoms with E-state index < -0.39 is 0 Å². The molecule has 2 rings (SSSR count). The van der Waals surface area contributed by atoms with Crippen LogP contribution in [0, 0.1) is 6.92 Å². The summed E-state index contributed by atoms with van der Waals surface area (Å²) in [5.74, 6) is 1.44. The molecule has 0 bridgehead atoms. The Labute approximate surface area is 175 Å². The van der Waals surface area contributed by atoms with E-state index in [9.17, 15) is 0 Å². The van der Waals surface area contributed by atoms with Crippen molar-refractivity contribution in [1.82, 2.24) is 15.6 Å². The summed E-state index contributed by atoms with van der Waals surface area (Å²) in [6, 6.07) is 7.47. The van der Waals surface area contributed by atoms with Crippen LogP contribution in [0.2, 0.25) is 5.02 Å². The average molecular weight is 495 g/mol. The number of halogens is 2. The van der Waals surface area contributed by atoms with E-state index in [-0.39, 0.29) is 30.1 Å². The zero-order valence-electron chi connectivity index (χ0n) is 14.6. The molecule has 0 amide bonds. The van der Waals surface area contributed by atoms with Gasteiger partial charge in [0.2, 0.25) is 0 Å². The molecular formula is C17H24ClIN4OS. The van der Waals surface area contributed by atoms with Crippen LogP contribution in [0.4, 0.5) is 0 Å². The topological polar surface area (TPSA) is 58.5 Å². The number of rotatable bonds is 7. The molecule has 5 nitrogen and oxygen atoms in total. The Morgan fingerprint density at radius 1 is 1.36 bits per heavy atom. The number of aryl methyl sites for hydroxylation is 1. The molecule has 0 aliphatic heterocycles. The van der Waals surface area contributed by atoms with E-state index in [0.29, 0.717) is 17.3 Å². The second kappa shape index (κ2) is 11.5. The summed E-state index contributed by atoms with van der Waals surface area (Å²) in [6.07, 6.45) is 0.834. The van der Waals surface area contributed by atoms with E-state index in [1.54, 1.807) is 18.4 Å². The van der Waals surface area contributed by atoms with Gasteiger partial charge < -0.3 is 15.4 Å². The predicted molar refractivity (Wildman–Crippen MR) is 117 cm³/mol. The van der Waals surface area contributed by atoms with E-state index in [4.69, 9.17) is 16.3 Å². The molecule has 0 saturated carbocycles. The van der Waals surface area contributed by atoms with Gasteiger partial charge in [-0.25, -0.2) is 4.98 Å². The fourth-order valence-corrected chi connectivity index (χ4v) is 2.92. The van der Waals surface area contributed by atoms with Gasteiger partial charge in [0.1, 0.15) is 11.9 Å². The number of para-hydroxylation sites is 1. The fraction of sp³-hybridized carbons (Fsp3) is 0.412. The Morgan fingerprint density at radius 3 is 2.76 bits per heavy atom. The van der Waals surface area contributed by atoms with Gasteiger partial charge in [0.25, 0.3) is 0 Å². The Morgan fingerprint density at radius 2 is 2.12 bits per heavy atom. The van der Waals surface area contributed by atoms with Gasteiger partial charge in [0.05, 0.1) is 22.3 Å². The Balaban J connectivity index is 0.00000312. The van der Waals surface area contributed by atoms with Gasteiger partial charge in [-0.05, 0) is 26.0 Å². The van der Waals surface area contributed by atoms with Crippen LogP contribution < -0.4 is 15.4 Å². The van der Waals surface area contributed by atoms with Gasteiger partial charge in [-0.2, -0.15) is 0 Å². The lowest BCUT2D eigenvalue weighted by Crippen LogP contribution is -2.42. The molecule has 1 unspecified atom stereocenters. The largest absolute Gasteiger partial charge is 0.487 e. The highest BCUT2D eigenvalue weighted by Crippen LogP contribution is 2.23. The second-order valence-electron chi connectivity index (χ2n) is 5.35. The second-order valence-corrected chi connectivity index (χ2v) is 6.82. The molecule has 138 valence electrons. The maximum atomic E-state index is 6.10. The Hall–Kier alpha value is -1.06. The molecule has 0 saturated heterocycles. The molecule has 2 N–H and O–H groups in total.